The maximum atomic E-state index is 13.0. The van der Waals surface area contributed by atoms with Gasteiger partial charge in [0.1, 0.15) is 5.82 Å². The monoisotopic (exact) mass is 216 g/mol. The molecule has 0 bridgehead atoms. The van der Waals surface area contributed by atoms with Crippen molar-refractivity contribution in [3.8, 4) is 11.8 Å². The number of thiol groups is 1. The van der Waals surface area contributed by atoms with Gasteiger partial charge in [-0.15, -0.1) is 0 Å². The summed E-state index contributed by atoms with van der Waals surface area (Å²) in [5.41, 5.74) is -0.521. The zero-order valence-electron chi connectivity index (χ0n) is 7.15. The Labute approximate surface area is 85.5 Å². The van der Waals surface area contributed by atoms with Gasteiger partial charge < -0.3 is 0 Å². The Bertz CT molecular complexity index is 390. The lowest BCUT2D eigenvalue weighted by Crippen LogP contribution is -1.93. The van der Waals surface area contributed by atoms with E-state index in [4.69, 9.17) is 0 Å². The zero-order valence-corrected chi connectivity index (χ0v) is 8.04. The van der Waals surface area contributed by atoms with Gasteiger partial charge in [-0.3, -0.25) is 0 Å². The molecule has 0 atom stereocenters. The van der Waals surface area contributed by atoms with Crippen molar-refractivity contribution < 1.29 is 13.2 Å². The number of benzene rings is 1. The van der Waals surface area contributed by atoms with Gasteiger partial charge in [-0.2, -0.15) is 12.6 Å². The Morgan fingerprint density at radius 3 is 2.43 bits per heavy atom. The number of hydrogen-bond donors (Lipinski definition) is 1. The first kappa shape index (κ1) is 11.0. The van der Waals surface area contributed by atoms with Gasteiger partial charge in [0.15, 0.2) is 11.6 Å². The first-order valence-corrected chi connectivity index (χ1v) is 4.53. The molecule has 1 aromatic rings. The summed E-state index contributed by atoms with van der Waals surface area (Å²) >= 11 is 3.88. The molecular formula is C10H7F3S. The van der Waals surface area contributed by atoms with E-state index in [-0.39, 0.29) is 0 Å². The van der Waals surface area contributed by atoms with Crippen molar-refractivity contribution in [2.24, 2.45) is 0 Å². The van der Waals surface area contributed by atoms with Crippen molar-refractivity contribution in [2.45, 2.75) is 6.42 Å². The van der Waals surface area contributed by atoms with E-state index in [9.17, 15) is 13.2 Å². The predicted octanol–water partition coefficient (Wildman–Crippen LogP) is 2.78. The summed E-state index contributed by atoms with van der Waals surface area (Å²) in [5.74, 6) is 2.03. The summed E-state index contributed by atoms with van der Waals surface area (Å²) in [6, 6.07) is 1.58. The fourth-order valence-electron chi connectivity index (χ4n) is 0.848. The molecule has 0 saturated heterocycles. The van der Waals surface area contributed by atoms with E-state index in [1.807, 2.05) is 0 Å². The van der Waals surface area contributed by atoms with Crippen LogP contribution in [0.15, 0.2) is 12.1 Å². The number of hydrogen-bond acceptors (Lipinski definition) is 1. The number of halogens is 3. The molecule has 0 aliphatic rings. The van der Waals surface area contributed by atoms with Crippen LogP contribution < -0.4 is 0 Å². The van der Waals surface area contributed by atoms with E-state index < -0.39 is 23.0 Å². The summed E-state index contributed by atoms with van der Waals surface area (Å²) in [6.07, 6.45) is 0.401. The van der Waals surface area contributed by atoms with Gasteiger partial charge in [0.05, 0.1) is 5.56 Å². The Morgan fingerprint density at radius 1 is 1.14 bits per heavy atom. The van der Waals surface area contributed by atoms with Crippen LogP contribution in [-0.2, 0) is 0 Å². The highest BCUT2D eigenvalue weighted by Crippen LogP contribution is 2.14. The second-order valence-corrected chi connectivity index (χ2v) is 2.94. The predicted molar refractivity (Wildman–Crippen MR) is 51.7 cm³/mol. The summed E-state index contributed by atoms with van der Waals surface area (Å²) < 4.78 is 38.5. The van der Waals surface area contributed by atoms with E-state index in [0.29, 0.717) is 12.2 Å². The standard InChI is InChI=1S/C10H7F3S/c11-8-4-5-9(12)10(13)7(8)3-1-2-6-14/h4-5,14H,2,6H2. The molecule has 0 unspecified atom stereocenters. The van der Waals surface area contributed by atoms with Crippen LogP contribution in [0.25, 0.3) is 0 Å². The van der Waals surface area contributed by atoms with Gasteiger partial charge in [-0.25, -0.2) is 13.2 Å². The first-order chi connectivity index (χ1) is 6.66. The highest BCUT2D eigenvalue weighted by atomic mass is 32.1. The third kappa shape index (κ3) is 2.46. The van der Waals surface area contributed by atoms with Crippen LogP contribution in [-0.4, -0.2) is 5.75 Å². The molecule has 0 aromatic heterocycles. The lowest BCUT2D eigenvalue weighted by Gasteiger charge is -1.97. The Hall–Kier alpha value is -1.08. The Kier molecular flexibility index (Phi) is 3.90. The van der Waals surface area contributed by atoms with Crippen LogP contribution in [0.4, 0.5) is 13.2 Å². The second kappa shape index (κ2) is 4.97. The second-order valence-electron chi connectivity index (χ2n) is 2.49. The summed E-state index contributed by atoms with van der Waals surface area (Å²) in [4.78, 5) is 0. The van der Waals surface area contributed by atoms with Crippen molar-refractivity contribution >= 4 is 12.6 Å². The van der Waals surface area contributed by atoms with Crippen molar-refractivity contribution in [3.05, 3.63) is 35.1 Å². The van der Waals surface area contributed by atoms with Crippen LogP contribution in [0.2, 0.25) is 0 Å². The fraction of sp³-hybridized carbons (Fsp3) is 0.200. The van der Waals surface area contributed by atoms with Crippen LogP contribution in [0.1, 0.15) is 12.0 Å². The van der Waals surface area contributed by atoms with Gasteiger partial charge in [0, 0.05) is 12.2 Å². The maximum absolute atomic E-state index is 13.0. The fourth-order valence-corrected chi connectivity index (χ4v) is 0.960. The van der Waals surface area contributed by atoms with E-state index >= 15 is 0 Å². The Morgan fingerprint density at radius 2 is 1.79 bits per heavy atom. The van der Waals surface area contributed by atoms with E-state index in [1.54, 1.807) is 0 Å². The van der Waals surface area contributed by atoms with Crippen molar-refractivity contribution in [1.29, 1.82) is 0 Å². The maximum Gasteiger partial charge on any atom is 0.177 e. The molecule has 0 nitrogen and oxygen atoms in total. The van der Waals surface area contributed by atoms with Crippen LogP contribution in [0.5, 0.6) is 0 Å². The van der Waals surface area contributed by atoms with Gasteiger partial charge in [-0.1, -0.05) is 11.8 Å². The molecular weight excluding hydrogens is 209 g/mol. The summed E-state index contributed by atoms with van der Waals surface area (Å²) in [5, 5.41) is 0. The van der Waals surface area contributed by atoms with Crippen LogP contribution in [0.3, 0.4) is 0 Å². The van der Waals surface area contributed by atoms with Gasteiger partial charge in [-0.05, 0) is 12.1 Å². The molecule has 0 saturated carbocycles. The smallest absolute Gasteiger partial charge is 0.177 e. The number of rotatable bonds is 1. The van der Waals surface area contributed by atoms with Crippen LogP contribution >= 0.6 is 12.6 Å². The van der Waals surface area contributed by atoms with E-state index in [0.717, 1.165) is 12.1 Å². The molecule has 0 N–H and O–H groups in total. The summed E-state index contributed by atoms with van der Waals surface area (Å²) in [6.45, 7) is 0. The van der Waals surface area contributed by atoms with Gasteiger partial charge in [0.2, 0.25) is 0 Å². The molecule has 0 amide bonds. The third-order valence-corrected chi connectivity index (χ3v) is 1.72. The normalized spacial score (nSPS) is 9.43. The molecule has 0 aliphatic heterocycles. The van der Waals surface area contributed by atoms with Gasteiger partial charge >= 0.3 is 0 Å². The highest BCUT2D eigenvalue weighted by Gasteiger charge is 2.10. The highest BCUT2D eigenvalue weighted by molar-refractivity contribution is 7.80. The molecule has 0 radical (unpaired) electrons. The van der Waals surface area contributed by atoms with Crippen molar-refractivity contribution in [3.63, 3.8) is 0 Å². The third-order valence-electron chi connectivity index (χ3n) is 1.49. The molecule has 0 aliphatic carbocycles. The topological polar surface area (TPSA) is 0 Å². The minimum Gasteiger partial charge on any atom is -0.206 e. The molecule has 14 heavy (non-hydrogen) atoms. The SMILES string of the molecule is Fc1ccc(F)c(C#CCCS)c1F. The first-order valence-electron chi connectivity index (χ1n) is 3.90. The molecule has 1 aromatic carbocycles. The minimum absolute atomic E-state index is 0.401. The average molecular weight is 216 g/mol. The molecule has 74 valence electrons. The van der Waals surface area contributed by atoms with E-state index in [1.165, 1.54) is 0 Å². The molecule has 0 spiro atoms. The average Bonchev–Trinajstić information content (AvgIpc) is 2.18. The summed E-state index contributed by atoms with van der Waals surface area (Å²) in [7, 11) is 0. The lowest BCUT2D eigenvalue weighted by molar-refractivity contribution is 0.491. The van der Waals surface area contributed by atoms with Crippen molar-refractivity contribution in [1.82, 2.24) is 0 Å². The van der Waals surface area contributed by atoms with E-state index in [2.05, 4.69) is 24.5 Å². The molecule has 4 heteroatoms. The minimum atomic E-state index is -1.24. The van der Waals surface area contributed by atoms with Crippen LogP contribution in [0, 0.1) is 29.3 Å². The van der Waals surface area contributed by atoms with Crippen molar-refractivity contribution in [2.75, 3.05) is 5.75 Å². The zero-order chi connectivity index (χ0) is 10.6. The molecule has 1 rings (SSSR count). The Balaban J connectivity index is 3.08. The van der Waals surface area contributed by atoms with Gasteiger partial charge in [0.25, 0.3) is 0 Å². The molecule has 0 heterocycles. The molecule has 0 fully saturated rings. The quantitative estimate of drug-likeness (QED) is 0.416. The largest absolute Gasteiger partial charge is 0.206 e. The lowest BCUT2D eigenvalue weighted by atomic mass is 10.2.